The van der Waals surface area contributed by atoms with Crippen molar-refractivity contribution in [1.29, 1.82) is 0 Å². The highest BCUT2D eigenvalue weighted by Crippen LogP contribution is 2.66. The van der Waals surface area contributed by atoms with Gasteiger partial charge in [-0.2, -0.15) is 0 Å². The number of aliphatic hydroxyl groups excluding tert-OH is 1. The number of hydrogen-bond donors (Lipinski definition) is 2. The monoisotopic (exact) mass is 360 g/mol. The van der Waals surface area contributed by atoms with Crippen LogP contribution in [0.25, 0.3) is 0 Å². The maximum atomic E-state index is 13.3. The van der Waals surface area contributed by atoms with Gasteiger partial charge in [-0.3, -0.25) is 14.4 Å². The van der Waals surface area contributed by atoms with Crippen LogP contribution in [0.1, 0.15) is 52.4 Å². The van der Waals surface area contributed by atoms with Crippen LogP contribution in [0, 0.1) is 34.5 Å². The quantitative estimate of drug-likeness (QED) is 0.784. The van der Waals surface area contributed by atoms with Gasteiger partial charge in [-0.05, 0) is 54.9 Å². The van der Waals surface area contributed by atoms with Gasteiger partial charge < -0.3 is 10.2 Å². The lowest BCUT2D eigenvalue weighted by atomic mass is 9.45. The number of fused-ring (bicyclic) bond motifs is 5. The molecule has 0 aliphatic heterocycles. The van der Waals surface area contributed by atoms with Crippen LogP contribution in [-0.4, -0.2) is 39.8 Å². The molecule has 5 heteroatoms. The highest BCUT2D eigenvalue weighted by molar-refractivity contribution is 5.94. The smallest absolute Gasteiger partial charge is 0.190 e. The standard InChI is InChI=1S/C21H28O5/c1-19-7-5-13(23)9-12(19)3-4-14-15-6-8-21(26,17(25)11-22)20(15,2)10-16(24)18(14)19/h5,7,12,14-15,18,22,26H,3-4,6,8-11H2,1-2H3/t12?,14?,15?,18?,19-,20-,21-/m0/s1. The van der Waals surface area contributed by atoms with Crippen molar-refractivity contribution in [1.82, 2.24) is 0 Å². The highest BCUT2D eigenvalue weighted by atomic mass is 16.3. The Labute approximate surface area is 153 Å². The van der Waals surface area contributed by atoms with Crippen molar-refractivity contribution in [3.05, 3.63) is 12.2 Å². The van der Waals surface area contributed by atoms with Gasteiger partial charge in [0.25, 0.3) is 0 Å². The summed E-state index contributed by atoms with van der Waals surface area (Å²) in [6.45, 7) is 3.28. The molecule has 142 valence electrons. The maximum Gasteiger partial charge on any atom is 0.190 e. The number of carbonyl (C=O) groups is 3. The van der Waals surface area contributed by atoms with Crippen LogP contribution in [0.3, 0.4) is 0 Å². The van der Waals surface area contributed by atoms with E-state index in [1.807, 2.05) is 13.0 Å². The molecule has 0 aromatic rings. The number of allylic oxidation sites excluding steroid dienone is 2. The van der Waals surface area contributed by atoms with Gasteiger partial charge in [0.2, 0.25) is 0 Å². The second kappa shape index (κ2) is 5.59. The minimum Gasteiger partial charge on any atom is -0.388 e. The van der Waals surface area contributed by atoms with Crippen LogP contribution in [-0.2, 0) is 14.4 Å². The molecule has 0 heterocycles. The van der Waals surface area contributed by atoms with Crippen LogP contribution >= 0.6 is 0 Å². The van der Waals surface area contributed by atoms with E-state index in [9.17, 15) is 24.6 Å². The third-order valence-electron chi connectivity index (χ3n) is 8.49. The average Bonchev–Trinajstić information content (AvgIpc) is 2.86. The zero-order chi connectivity index (χ0) is 18.9. The fraction of sp³-hybridized carbons (Fsp3) is 0.762. The zero-order valence-corrected chi connectivity index (χ0v) is 15.5. The van der Waals surface area contributed by atoms with E-state index < -0.39 is 23.4 Å². The number of ketones is 3. The molecule has 5 nitrogen and oxygen atoms in total. The number of hydrogen-bond acceptors (Lipinski definition) is 5. The van der Waals surface area contributed by atoms with E-state index in [0.717, 1.165) is 12.8 Å². The first-order chi connectivity index (χ1) is 12.2. The van der Waals surface area contributed by atoms with Gasteiger partial charge in [-0.15, -0.1) is 0 Å². The molecule has 3 fully saturated rings. The minimum absolute atomic E-state index is 0.0921. The fourth-order valence-electron chi connectivity index (χ4n) is 7.05. The predicted molar refractivity (Wildman–Crippen MR) is 94.1 cm³/mol. The van der Waals surface area contributed by atoms with E-state index in [1.54, 1.807) is 6.08 Å². The van der Waals surface area contributed by atoms with Crippen LogP contribution in [0.5, 0.6) is 0 Å². The summed E-state index contributed by atoms with van der Waals surface area (Å²) in [6.07, 6.45) is 7.07. The summed E-state index contributed by atoms with van der Waals surface area (Å²) in [6, 6.07) is 0. The highest BCUT2D eigenvalue weighted by Gasteiger charge is 2.68. The lowest BCUT2D eigenvalue weighted by Crippen LogP contribution is -2.61. The van der Waals surface area contributed by atoms with Crippen LogP contribution in [0.2, 0.25) is 0 Å². The zero-order valence-electron chi connectivity index (χ0n) is 15.5. The Morgan fingerprint density at radius 1 is 1.23 bits per heavy atom. The normalized spacial score (nSPS) is 50.2. The number of rotatable bonds is 2. The average molecular weight is 360 g/mol. The molecule has 0 amide bonds. The maximum absolute atomic E-state index is 13.3. The van der Waals surface area contributed by atoms with Crippen LogP contribution < -0.4 is 0 Å². The van der Waals surface area contributed by atoms with E-state index in [-0.39, 0.29) is 47.1 Å². The molecule has 26 heavy (non-hydrogen) atoms. The summed E-state index contributed by atoms with van der Waals surface area (Å²) in [7, 11) is 0. The Balaban J connectivity index is 1.74. The van der Waals surface area contributed by atoms with E-state index in [2.05, 4.69) is 6.92 Å². The van der Waals surface area contributed by atoms with Crippen LogP contribution in [0.15, 0.2) is 12.2 Å². The topological polar surface area (TPSA) is 91.7 Å². The van der Waals surface area contributed by atoms with Crippen molar-refractivity contribution in [2.24, 2.45) is 34.5 Å². The van der Waals surface area contributed by atoms with Crippen molar-refractivity contribution < 1.29 is 24.6 Å². The van der Waals surface area contributed by atoms with E-state index in [0.29, 0.717) is 19.3 Å². The lowest BCUT2D eigenvalue weighted by Gasteiger charge is -2.58. The van der Waals surface area contributed by atoms with Crippen molar-refractivity contribution in [3.63, 3.8) is 0 Å². The Morgan fingerprint density at radius 3 is 2.65 bits per heavy atom. The van der Waals surface area contributed by atoms with Crippen molar-refractivity contribution in [2.45, 2.75) is 58.0 Å². The second-order valence-corrected chi connectivity index (χ2v) is 9.43. The molecular formula is C21H28O5. The second-order valence-electron chi connectivity index (χ2n) is 9.43. The molecule has 7 atom stereocenters. The van der Waals surface area contributed by atoms with Gasteiger partial charge >= 0.3 is 0 Å². The van der Waals surface area contributed by atoms with E-state index >= 15 is 0 Å². The summed E-state index contributed by atoms with van der Waals surface area (Å²) >= 11 is 0. The van der Waals surface area contributed by atoms with Gasteiger partial charge in [0.1, 0.15) is 18.0 Å². The summed E-state index contributed by atoms with van der Waals surface area (Å²) in [5.41, 5.74) is -2.72. The first-order valence-corrected chi connectivity index (χ1v) is 9.79. The molecule has 0 bridgehead atoms. The Morgan fingerprint density at radius 2 is 1.96 bits per heavy atom. The van der Waals surface area contributed by atoms with Gasteiger partial charge in [-0.25, -0.2) is 0 Å². The third-order valence-corrected chi connectivity index (χ3v) is 8.49. The molecule has 0 aromatic carbocycles. The summed E-state index contributed by atoms with van der Waals surface area (Å²) in [5, 5.41) is 20.5. The summed E-state index contributed by atoms with van der Waals surface area (Å²) in [4.78, 5) is 37.5. The molecule has 3 saturated carbocycles. The molecule has 0 aromatic heterocycles. The van der Waals surface area contributed by atoms with Crippen molar-refractivity contribution in [3.8, 4) is 0 Å². The number of carbonyl (C=O) groups excluding carboxylic acids is 3. The first kappa shape index (κ1) is 18.1. The van der Waals surface area contributed by atoms with Gasteiger partial charge in [-0.1, -0.05) is 19.9 Å². The van der Waals surface area contributed by atoms with Crippen molar-refractivity contribution in [2.75, 3.05) is 6.61 Å². The first-order valence-electron chi connectivity index (χ1n) is 9.79. The van der Waals surface area contributed by atoms with E-state index in [1.165, 1.54) is 0 Å². The minimum atomic E-state index is -1.61. The molecular weight excluding hydrogens is 332 g/mol. The largest absolute Gasteiger partial charge is 0.388 e. The number of Topliss-reactive ketones (excluding diaryl/α,β-unsaturated/α-hetero) is 2. The molecule has 2 N–H and O–H groups in total. The molecule has 4 aliphatic rings. The van der Waals surface area contributed by atoms with Gasteiger partial charge in [0, 0.05) is 24.2 Å². The Bertz CT molecular complexity index is 711. The lowest BCUT2D eigenvalue weighted by molar-refractivity contribution is -0.173. The van der Waals surface area contributed by atoms with Gasteiger partial charge in [0.05, 0.1) is 0 Å². The molecule has 4 rings (SSSR count). The molecule has 0 radical (unpaired) electrons. The van der Waals surface area contributed by atoms with Crippen LogP contribution in [0.4, 0.5) is 0 Å². The number of aliphatic hydroxyl groups is 2. The summed E-state index contributed by atoms with van der Waals surface area (Å²) in [5.74, 6) is -0.0369. The fourth-order valence-corrected chi connectivity index (χ4v) is 7.05. The van der Waals surface area contributed by atoms with Crippen molar-refractivity contribution >= 4 is 17.3 Å². The molecule has 4 aliphatic carbocycles. The SMILES string of the molecule is C[C@]12C=CC(=O)CC1CCC1C2C(=O)C[C@@]2(C)C1CC[C@]2(O)C(=O)CO. The van der Waals surface area contributed by atoms with E-state index in [4.69, 9.17) is 0 Å². The molecule has 0 spiro atoms. The Kier molecular flexibility index (Phi) is 3.88. The third kappa shape index (κ3) is 2.07. The predicted octanol–water partition coefficient (Wildman–Crippen LogP) is 1.85. The molecule has 0 saturated heterocycles. The van der Waals surface area contributed by atoms with Gasteiger partial charge in [0.15, 0.2) is 11.6 Å². The Hall–Kier alpha value is -1.33. The molecule has 4 unspecified atom stereocenters. The summed E-state index contributed by atoms with van der Waals surface area (Å²) < 4.78 is 0.